The van der Waals surface area contributed by atoms with Gasteiger partial charge in [-0.3, -0.25) is 9.80 Å². The highest BCUT2D eigenvalue weighted by atomic mass is 19.1. The molecule has 5 nitrogen and oxygen atoms in total. The minimum Gasteiger partial charge on any atom is -0.419 e. The zero-order chi connectivity index (χ0) is 19.5. The zero-order valence-corrected chi connectivity index (χ0v) is 16.3. The third kappa shape index (κ3) is 4.29. The molecule has 0 aliphatic carbocycles. The third-order valence-electron chi connectivity index (χ3n) is 5.33. The molecule has 0 bridgehead atoms. The van der Waals surface area contributed by atoms with Crippen LogP contribution in [0.25, 0.3) is 11.5 Å². The molecule has 2 aromatic carbocycles. The standard InChI is InChI=1S/C22H25FN4O/c1-16-4-3-5-18(14-16)15-26-10-12-27(13-11-26)17(2)21-24-25-22(28-21)19-6-8-20(23)9-7-19/h3-9,14,17H,10-13,15H2,1-2H3. The highest BCUT2D eigenvalue weighted by Crippen LogP contribution is 2.25. The Morgan fingerprint density at radius 1 is 1.04 bits per heavy atom. The van der Waals surface area contributed by atoms with E-state index in [0.717, 1.165) is 38.3 Å². The Bertz CT molecular complexity index is 916. The molecule has 1 aliphatic heterocycles. The molecule has 1 aromatic heterocycles. The third-order valence-corrected chi connectivity index (χ3v) is 5.33. The summed E-state index contributed by atoms with van der Waals surface area (Å²) in [6.07, 6.45) is 0. The molecule has 1 unspecified atom stereocenters. The molecule has 146 valence electrons. The molecule has 0 spiro atoms. The number of benzene rings is 2. The van der Waals surface area contributed by atoms with E-state index in [1.807, 2.05) is 0 Å². The molecule has 3 aromatic rings. The van der Waals surface area contributed by atoms with Gasteiger partial charge in [0.1, 0.15) is 5.82 Å². The summed E-state index contributed by atoms with van der Waals surface area (Å²) in [5.41, 5.74) is 3.40. The highest BCUT2D eigenvalue weighted by Gasteiger charge is 2.25. The lowest BCUT2D eigenvalue weighted by atomic mass is 10.1. The van der Waals surface area contributed by atoms with Crippen LogP contribution in [0.5, 0.6) is 0 Å². The summed E-state index contributed by atoms with van der Waals surface area (Å²) in [6, 6.07) is 14.9. The van der Waals surface area contributed by atoms with E-state index in [4.69, 9.17) is 4.42 Å². The predicted molar refractivity (Wildman–Crippen MR) is 106 cm³/mol. The molecule has 1 atom stereocenters. The average molecular weight is 380 g/mol. The second-order valence-corrected chi connectivity index (χ2v) is 7.43. The van der Waals surface area contributed by atoms with Crippen LogP contribution in [0.3, 0.4) is 0 Å². The van der Waals surface area contributed by atoms with Gasteiger partial charge in [-0.05, 0) is 43.7 Å². The van der Waals surface area contributed by atoms with Crippen molar-refractivity contribution in [3.8, 4) is 11.5 Å². The first kappa shape index (κ1) is 18.8. The van der Waals surface area contributed by atoms with E-state index in [-0.39, 0.29) is 11.9 Å². The van der Waals surface area contributed by atoms with Gasteiger partial charge in [-0.2, -0.15) is 0 Å². The van der Waals surface area contributed by atoms with Crippen molar-refractivity contribution in [2.24, 2.45) is 0 Å². The van der Waals surface area contributed by atoms with Crippen molar-refractivity contribution in [3.63, 3.8) is 0 Å². The van der Waals surface area contributed by atoms with Crippen molar-refractivity contribution in [2.75, 3.05) is 26.2 Å². The fourth-order valence-electron chi connectivity index (χ4n) is 3.65. The Labute approximate surface area is 164 Å². The summed E-state index contributed by atoms with van der Waals surface area (Å²) >= 11 is 0. The summed E-state index contributed by atoms with van der Waals surface area (Å²) in [5.74, 6) is 0.756. The molecule has 0 radical (unpaired) electrons. The van der Waals surface area contributed by atoms with E-state index in [0.29, 0.717) is 11.8 Å². The van der Waals surface area contributed by atoms with Crippen LogP contribution >= 0.6 is 0 Å². The van der Waals surface area contributed by atoms with Crippen molar-refractivity contribution in [2.45, 2.75) is 26.4 Å². The molecular formula is C22H25FN4O. The maximum absolute atomic E-state index is 13.1. The minimum absolute atomic E-state index is 0.0582. The Kier molecular flexibility index (Phi) is 5.50. The molecule has 28 heavy (non-hydrogen) atoms. The molecule has 6 heteroatoms. The first-order valence-corrected chi connectivity index (χ1v) is 9.70. The van der Waals surface area contributed by atoms with Crippen molar-refractivity contribution in [3.05, 3.63) is 71.4 Å². The van der Waals surface area contributed by atoms with Crippen LogP contribution in [0.4, 0.5) is 4.39 Å². The summed E-state index contributed by atoms with van der Waals surface area (Å²) < 4.78 is 19.0. The van der Waals surface area contributed by atoms with Crippen LogP contribution in [0.1, 0.15) is 30.0 Å². The molecule has 4 rings (SSSR count). The van der Waals surface area contributed by atoms with Gasteiger partial charge in [0.15, 0.2) is 0 Å². The molecular weight excluding hydrogens is 355 g/mol. The first-order valence-electron chi connectivity index (χ1n) is 9.70. The van der Waals surface area contributed by atoms with Crippen LogP contribution in [0.2, 0.25) is 0 Å². The Hall–Kier alpha value is -2.57. The summed E-state index contributed by atoms with van der Waals surface area (Å²) in [6.45, 7) is 9.15. The number of hydrogen-bond acceptors (Lipinski definition) is 5. The maximum Gasteiger partial charge on any atom is 0.247 e. The lowest BCUT2D eigenvalue weighted by Gasteiger charge is -2.36. The summed E-state index contributed by atoms with van der Waals surface area (Å²) in [5, 5.41) is 8.36. The Morgan fingerprint density at radius 3 is 2.50 bits per heavy atom. The topological polar surface area (TPSA) is 45.4 Å². The van der Waals surface area contributed by atoms with Gasteiger partial charge in [-0.1, -0.05) is 29.8 Å². The second kappa shape index (κ2) is 8.20. The minimum atomic E-state index is -0.277. The van der Waals surface area contributed by atoms with Gasteiger partial charge < -0.3 is 4.42 Å². The molecule has 1 saturated heterocycles. The average Bonchev–Trinajstić information content (AvgIpc) is 3.19. The van der Waals surface area contributed by atoms with Crippen LogP contribution in [-0.2, 0) is 6.54 Å². The van der Waals surface area contributed by atoms with Crippen molar-refractivity contribution in [1.29, 1.82) is 0 Å². The number of piperazine rings is 1. The van der Waals surface area contributed by atoms with Gasteiger partial charge in [0.25, 0.3) is 0 Å². The van der Waals surface area contributed by atoms with Crippen LogP contribution in [0.15, 0.2) is 52.9 Å². The van der Waals surface area contributed by atoms with Gasteiger partial charge in [0.05, 0.1) is 6.04 Å². The zero-order valence-electron chi connectivity index (χ0n) is 16.3. The maximum atomic E-state index is 13.1. The van der Waals surface area contributed by atoms with Crippen LogP contribution in [-0.4, -0.2) is 46.2 Å². The largest absolute Gasteiger partial charge is 0.419 e. The molecule has 1 aliphatic rings. The van der Waals surface area contributed by atoms with E-state index in [2.05, 4.69) is 58.1 Å². The smallest absolute Gasteiger partial charge is 0.247 e. The van der Waals surface area contributed by atoms with Crippen molar-refractivity contribution >= 4 is 0 Å². The molecule has 1 fully saturated rings. The number of hydrogen-bond donors (Lipinski definition) is 0. The second-order valence-electron chi connectivity index (χ2n) is 7.43. The molecule has 0 N–H and O–H groups in total. The van der Waals surface area contributed by atoms with Gasteiger partial charge in [0.2, 0.25) is 11.8 Å². The van der Waals surface area contributed by atoms with Gasteiger partial charge in [-0.15, -0.1) is 10.2 Å². The van der Waals surface area contributed by atoms with Crippen molar-refractivity contribution < 1.29 is 8.81 Å². The van der Waals surface area contributed by atoms with E-state index in [9.17, 15) is 4.39 Å². The predicted octanol–water partition coefficient (Wildman–Crippen LogP) is 4.06. The fourth-order valence-corrected chi connectivity index (χ4v) is 3.65. The van der Waals surface area contributed by atoms with Gasteiger partial charge in [0, 0.05) is 38.3 Å². The highest BCUT2D eigenvalue weighted by molar-refractivity contribution is 5.51. The molecule has 2 heterocycles. The molecule has 0 amide bonds. The number of aryl methyl sites for hydroxylation is 1. The van der Waals surface area contributed by atoms with Crippen LogP contribution < -0.4 is 0 Å². The number of rotatable bonds is 5. The Balaban J connectivity index is 1.35. The molecule has 0 saturated carbocycles. The SMILES string of the molecule is Cc1cccc(CN2CCN(C(C)c3nnc(-c4ccc(F)cc4)o3)CC2)c1. The quantitative estimate of drug-likeness (QED) is 0.668. The number of nitrogens with zero attached hydrogens (tertiary/aromatic N) is 4. The lowest BCUT2D eigenvalue weighted by molar-refractivity contribution is 0.0876. The van der Waals surface area contributed by atoms with E-state index in [1.54, 1.807) is 12.1 Å². The van der Waals surface area contributed by atoms with E-state index >= 15 is 0 Å². The van der Waals surface area contributed by atoms with Gasteiger partial charge in [-0.25, -0.2) is 4.39 Å². The number of aromatic nitrogens is 2. The normalized spacial score (nSPS) is 17.0. The van der Waals surface area contributed by atoms with Crippen molar-refractivity contribution in [1.82, 2.24) is 20.0 Å². The first-order chi connectivity index (χ1) is 13.6. The monoisotopic (exact) mass is 380 g/mol. The fraction of sp³-hybridized carbons (Fsp3) is 0.364. The van der Waals surface area contributed by atoms with Crippen LogP contribution in [0, 0.1) is 12.7 Å². The van der Waals surface area contributed by atoms with Gasteiger partial charge >= 0.3 is 0 Å². The lowest BCUT2D eigenvalue weighted by Crippen LogP contribution is -2.46. The number of halogens is 1. The van der Waals surface area contributed by atoms with E-state index < -0.39 is 0 Å². The summed E-state index contributed by atoms with van der Waals surface area (Å²) in [4.78, 5) is 4.85. The summed E-state index contributed by atoms with van der Waals surface area (Å²) in [7, 11) is 0. The Morgan fingerprint density at radius 2 is 1.79 bits per heavy atom. The van der Waals surface area contributed by atoms with E-state index in [1.165, 1.54) is 23.3 Å².